The van der Waals surface area contributed by atoms with Crippen molar-refractivity contribution in [3.8, 4) is 5.75 Å². The van der Waals surface area contributed by atoms with Gasteiger partial charge < -0.3 is 9.84 Å². The van der Waals surface area contributed by atoms with Gasteiger partial charge >= 0.3 is 0 Å². The molecule has 0 aliphatic carbocycles. The molecular formula is C13H20O2S. The zero-order chi connectivity index (χ0) is 12.0. The van der Waals surface area contributed by atoms with Crippen molar-refractivity contribution in [1.82, 2.24) is 0 Å². The zero-order valence-electron chi connectivity index (χ0n) is 10.2. The van der Waals surface area contributed by atoms with E-state index in [9.17, 15) is 5.11 Å². The number of hydrogen-bond acceptors (Lipinski definition) is 3. The Morgan fingerprint density at radius 1 is 1.44 bits per heavy atom. The summed E-state index contributed by atoms with van der Waals surface area (Å²) in [5, 5.41) is 9.65. The van der Waals surface area contributed by atoms with Crippen LogP contribution in [0, 0.1) is 6.92 Å². The average molecular weight is 240 g/mol. The van der Waals surface area contributed by atoms with E-state index in [1.54, 1.807) is 6.92 Å². The first-order chi connectivity index (χ1) is 7.65. The molecule has 0 saturated heterocycles. The van der Waals surface area contributed by atoms with Gasteiger partial charge in [-0.15, -0.1) is 0 Å². The van der Waals surface area contributed by atoms with Gasteiger partial charge in [0, 0.05) is 5.56 Å². The smallest absolute Gasteiger partial charge is 0.125 e. The third-order valence-electron chi connectivity index (χ3n) is 2.37. The van der Waals surface area contributed by atoms with Crippen LogP contribution >= 0.6 is 11.8 Å². The summed E-state index contributed by atoms with van der Waals surface area (Å²) in [7, 11) is 0. The van der Waals surface area contributed by atoms with Gasteiger partial charge in [0.2, 0.25) is 0 Å². The van der Waals surface area contributed by atoms with Crippen LogP contribution in [0.3, 0.4) is 0 Å². The Kier molecular flexibility index (Phi) is 5.71. The van der Waals surface area contributed by atoms with Crippen LogP contribution in [0.5, 0.6) is 5.75 Å². The number of ether oxygens (including phenoxy) is 1. The van der Waals surface area contributed by atoms with Gasteiger partial charge in [-0.1, -0.05) is 11.6 Å². The second kappa shape index (κ2) is 6.81. The van der Waals surface area contributed by atoms with E-state index >= 15 is 0 Å². The summed E-state index contributed by atoms with van der Waals surface area (Å²) < 4.78 is 5.68. The topological polar surface area (TPSA) is 29.5 Å². The van der Waals surface area contributed by atoms with Crippen molar-refractivity contribution in [2.75, 3.05) is 18.6 Å². The molecule has 1 atom stereocenters. The lowest BCUT2D eigenvalue weighted by Crippen LogP contribution is -2.03. The molecule has 0 spiro atoms. The Morgan fingerprint density at radius 3 is 2.81 bits per heavy atom. The molecule has 0 aromatic heterocycles. The van der Waals surface area contributed by atoms with Gasteiger partial charge in [-0.05, 0) is 44.4 Å². The maximum Gasteiger partial charge on any atom is 0.125 e. The summed E-state index contributed by atoms with van der Waals surface area (Å²) in [6.07, 6.45) is 2.65. The third-order valence-corrected chi connectivity index (χ3v) is 3.06. The Labute approximate surface area is 102 Å². The van der Waals surface area contributed by atoms with E-state index in [1.165, 1.54) is 0 Å². The highest BCUT2D eigenvalue weighted by molar-refractivity contribution is 7.98. The fourth-order valence-corrected chi connectivity index (χ4v) is 1.92. The van der Waals surface area contributed by atoms with Crippen LogP contribution in [0.1, 0.15) is 30.6 Å². The van der Waals surface area contributed by atoms with Gasteiger partial charge in [0.25, 0.3) is 0 Å². The summed E-state index contributed by atoms with van der Waals surface area (Å²) in [6, 6.07) is 5.93. The lowest BCUT2D eigenvalue weighted by molar-refractivity contribution is 0.191. The molecule has 1 aromatic carbocycles. The van der Waals surface area contributed by atoms with Gasteiger partial charge in [-0.3, -0.25) is 0 Å². The molecule has 1 N–H and O–H groups in total. The van der Waals surface area contributed by atoms with Crippen molar-refractivity contribution < 1.29 is 9.84 Å². The second-order valence-electron chi connectivity index (χ2n) is 3.91. The molecule has 1 aromatic rings. The standard InChI is InChI=1S/C13H20O2S/c1-10-5-6-13(12(9-10)11(2)14)15-7-4-8-16-3/h5-6,9,11,14H,4,7-8H2,1-3H3. The summed E-state index contributed by atoms with van der Waals surface area (Å²) >= 11 is 1.82. The molecule has 1 rings (SSSR count). The first-order valence-electron chi connectivity index (χ1n) is 5.55. The predicted molar refractivity (Wildman–Crippen MR) is 70.3 cm³/mol. The normalized spacial score (nSPS) is 12.5. The number of hydrogen-bond donors (Lipinski definition) is 1. The van der Waals surface area contributed by atoms with Crippen LogP contribution in [-0.4, -0.2) is 23.7 Å². The van der Waals surface area contributed by atoms with Crippen molar-refractivity contribution in [3.63, 3.8) is 0 Å². The number of benzene rings is 1. The van der Waals surface area contributed by atoms with Gasteiger partial charge in [0.15, 0.2) is 0 Å². The zero-order valence-corrected chi connectivity index (χ0v) is 11.0. The molecule has 0 fully saturated rings. The quantitative estimate of drug-likeness (QED) is 0.774. The van der Waals surface area contributed by atoms with Crippen LogP contribution in [0.25, 0.3) is 0 Å². The van der Waals surface area contributed by atoms with E-state index in [0.717, 1.165) is 29.1 Å². The fourth-order valence-electron chi connectivity index (χ4n) is 1.51. The molecule has 2 nitrogen and oxygen atoms in total. The van der Waals surface area contributed by atoms with Crippen LogP contribution in [0.2, 0.25) is 0 Å². The SMILES string of the molecule is CSCCCOc1ccc(C)cc1C(C)O. The Bertz CT molecular complexity index is 324. The molecule has 90 valence electrons. The molecule has 3 heteroatoms. The molecule has 0 radical (unpaired) electrons. The van der Waals surface area contributed by atoms with E-state index in [0.29, 0.717) is 6.61 Å². The minimum Gasteiger partial charge on any atom is -0.493 e. The van der Waals surface area contributed by atoms with E-state index in [1.807, 2.05) is 36.9 Å². The van der Waals surface area contributed by atoms with Gasteiger partial charge in [-0.25, -0.2) is 0 Å². The minimum absolute atomic E-state index is 0.476. The highest BCUT2D eigenvalue weighted by atomic mass is 32.2. The Balaban J connectivity index is 2.64. The lowest BCUT2D eigenvalue weighted by Gasteiger charge is -2.14. The number of aryl methyl sites for hydroxylation is 1. The van der Waals surface area contributed by atoms with Crippen LogP contribution in [-0.2, 0) is 0 Å². The highest BCUT2D eigenvalue weighted by Crippen LogP contribution is 2.26. The number of aliphatic hydroxyl groups is 1. The second-order valence-corrected chi connectivity index (χ2v) is 4.90. The fraction of sp³-hybridized carbons (Fsp3) is 0.538. The third kappa shape index (κ3) is 4.06. The monoisotopic (exact) mass is 240 g/mol. The van der Waals surface area contributed by atoms with Gasteiger partial charge in [0.05, 0.1) is 12.7 Å². The van der Waals surface area contributed by atoms with Crippen molar-refractivity contribution in [2.45, 2.75) is 26.4 Å². The van der Waals surface area contributed by atoms with E-state index < -0.39 is 6.10 Å². The average Bonchev–Trinajstić information content (AvgIpc) is 2.26. The van der Waals surface area contributed by atoms with Gasteiger partial charge in [0.1, 0.15) is 5.75 Å². The highest BCUT2D eigenvalue weighted by Gasteiger charge is 2.09. The predicted octanol–water partition coefficient (Wildman–Crippen LogP) is 3.18. The van der Waals surface area contributed by atoms with Crippen LogP contribution in [0.4, 0.5) is 0 Å². The van der Waals surface area contributed by atoms with Crippen molar-refractivity contribution in [1.29, 1.82) is 0 Å². The maximum absolute atomic E-state index is 9.65. The molecule has 0 heterocycles. The maximum atomic E-state index is 9.65. The number of aliphatic hydroxyl groups excluding tert-OH is 1. The van der Waals surface area contributed by atoms with Gasteiger partial charge in [-0.2, -0.15) is 11.8 Å². The van der Waals surface area contributed by atoms with Crippen LogP contribution in [0.15, 0.2) is 18.2 Å². The molecule has 0 bridgehead atoms. The van der Waals surface area contributed by atoms with Crippen molar-refractivity contribution >= 4 is 11.8 Å². The Morgan fingerprint density at radius 2 is 2.19 bits per heavy atom. The minimum atomic E-state index is -0.476. The lowest BCUT2D eigenvalue weighted by atomic mass is 10.1. The first kappa shape index (κ1) is 13.4. The molecule has 16 heavy (non-hydrogen) atoms. The number of thioether (sulfide) groups is 1. The summed E-state index contributed by atoms with van der Waals surface area (Å²) in [5.41, 5.74) is 2.02. The molecule has 0 aliphatic heterocycles. The van der Waals surface area contributed by atoms with Crippen molar-refractivity contribution in [3.05, 3.63) is 29.3 Å². The molecule has 0 saturated carbocycles. The Hall–Kier alpha value is -0.670. The molecule has 1 unspecified atom stereocenters. The molecular weight excluding hydrogens is 220 g/mol. The summed E-state index contributed by atoms with van der Waals surface area (Å²) in [4.78, 5) is 0. The summed E-state index contributed by atoms with van der Waals surface area (Å²) in [6.45, 7) is 4.50. The first-order valence-corrected chi connectivity index (χ1v) is 6.95. The molecule has 0 aliphatic rings. The largest absolute Gasteiger partial charge is 0.493 e. The van der Waals surface area contributed by atoms with E-state index in [-0.39, 0.29) is 0 Å². The van der Waals surface area contributed by atoms with E-state index in [4.69, 9.17) is 4.74 Å². The number of rotatable bonds is 6. The summed E-state index contributed by atoms with van der Waals surface area (Å²) in [5.74, 6) is 1.91. The van der Waals surface area contributed by atoms with E-state index in [2.05, 4.69) is 6.26 Å². The van der Waals surface area contributed by atoms with Crippen molar-refractivity contribution in [2.24, 2.45) is 0 Å². The van der Waals surface area contributed by atoms with Crippen LogP contribution < -0.4 is 4.74 Å². The molecule has 0 amide bonds.